The lowest BCUT2D eigenvalue weighted by molar-refractivity contribution is -0.137. The molecule has 0 saturated heterocycles. The van der Waals surface area contributed by atoms with E-state index in [4.69, 9.17) is 16.3 Å². The number of aromatic nitrogens is 4. The second kappa shape index (κ2) is 9.79. The van der Waals surface area contributed by atoms with Crippen molar-refractivity contribution in [2.24, 2.45) is 0 Å². The van der Waals surface area contributed by atoms with E-state index in [0.29, 0.717) is 5.69 Å². The van der Waals surface area contributed by atoms with Gasteiger partial charge in [0.25, 0.3) is 5.91 Å². The van der Waals surface area contributed by atoms with Crippen molar-refractivity contribution in [1.82, 2.24) is 19.6 Å². The average molecular weight is 508 g/mol. The lowest BCUT2D eigenvalue weighted by atomic mass is 10.2. The summed E-state index contributed by atoms with van der Waals surface area (Å²) in [5.41, 5.74) is 0.155. The highest BCUT2D eigenvalue weighted by atomic mass is 35.5. The van der Waals surface area contributed by atoms with Gasteiger partial charge in [-0.25, -0.2) is 9.07 Å². The molecule has 2 heterocycles. The molecule has 12 heteroatoms. The predicted molar refractivity (Wildman–Crippen MR) is 120 cm³/mol. The predicted octanol–water partition coefficient (Wildman–Crippen LogP) is 5.54. The number of ether oxygens (including phenoxy) is 1. The van der Waals surface area contributed by atoms with E-state index in [2.05, 4.69) is 15.5 Å². The van der Waals surface area contributed by atoms with Crippen molar-refractivity contribution in [2.45, 2.75) is 26.4 Å². The van der Waals surface area contributed by atoms with Crippen LogP contribution < -0.4 is 10.1 Å². The zero-order valence-corrected chi connectivity index (χ0v) is 18.9. The molecule has 2 aromatic heterocycles. The van der Waals surface area contributed by atoms with Gasteiger partial charge in [0.2, 0.25) is 0 Å². The van der Waals surface area contributed by atoms with Gasteiger partial charge in [0.15, 0.2) is 18.2 Å². The van der Waals surface area contributed by atoms with E-state index >= 15 is 0 Å². The van der Waals surface area contributed by atoms with E-state index in [-0.39, 0.29) is 41.1 Å². The zero-order chi connectivity index (χ0) is 25.2. The lowest BCUT2D eigenvalue weighted by Gasteiger charge is -2.10. The summed E-state index contributed by atoms with van der Waals surface area (Å²) in [6, 6.07) is 11.9. The van der Waals surface area contributed by atoms with Crippen LogP contribution in [0.25, 0.3) is 0 Å². The molecule has 35 heavy (non-hydrogen) atoms. The number of benzene rings is 2. The molecular formula is C23H18ClF4N5O2. The highest BCUT2D eigenvalue weighted by molar-refractivity contribution is 6.31. The second-order valence-corrected chi connectivity index (χ2v) is 7.93. The lowest BCUT2D eigenvalue weighted by Crippen LogP contribution is -2.15. The maximum Gasteiger partial charge on any atom is 0.416 e. The molecular weight excluding hydrogens is 490 g/mol. The molecule has 0 aliphatic rings. The molecule has 0 unspecified atom stereocenters. The van der Waals surface area contributed by atoms with Crippen LogP contribution in [0.15, 0.2) is 60.8 Å². The number of alkyl halides is 3. The number of hydrogen-bond donors (Lipinski definition) is 1. The van der Waals surface area contributed by atoms with Crippen LogP contribution in [-0.2, 0) is 19.5 Å². The molecule has 0 saturated carbocycles. The Kier molecular flexibility index (Phi) is 6.79. The van der Waals surface area contributed by atoms with Gasteiger partial charge in [0, 0.05) is 28.5 Å². The molecule has 1 amide bonds. The van der Waals surface area contributed by atoms with E-state index < -0.39 is 23.5 Å². The summed E-state index contributed by atoms with van der Waals surface area (Å²) in [5, 5.41) is 11.2. The minimum atomic E-state index is -4.48. The SMILES string of the molecule is Cc1cc(NC(=O)c2ccn(COc3cccc(C(F)(F)F)c3)n2)nn1Cc1c(F)cccc1Cl. The van der Waals surface area contributed by atoms with Crippen molar-refractivity contribution in [2.75, 3.05) is 5.32 Å². The smallest absolute Gasteiger partial charge is 0.416 e. The van der Waals surface area contributed by atoms with Crippen LogP contribution >= 0.6 is 11.6 Å². The monoisotopic (exact) mass is 507 g/mol. The second-order valence-electron chi connectivity index (χ2n) is 7.52. The van der Waals surface area contributed by atoms with Crippen molar-refractivity contribution in [3.05, 3.63) is 94.1 Å². The number of anilines is 1. The Morgan fingerprint density at radius 3 is 2.63 bits per heavy atom. The van der Waals surface area contributed by atoms with Crippen molar-refractivity contribution in [3.63, 3.8) is 0 Å². The number of hydrogen-bond acceptors (Lipinski definition) is 4. The largest absolute Gasteiger partial charge is 0.471 e. The molecule has 0 radical (unpaired) electrons. The number of aryl methyl sites for hydroxylation is 1. The number of rotatable bonds is 7. The zero-order valence-electron chi connectivity index (χ0n) is 18.2. The summed E-state index contributed by atoms with van der Waals surface area (Å²) in [7, 11) is 0. The highest BCUT2D eigenvalue weighted by Crippen LogP contribution is 2.31. The minimum absolute atomic E-state index is 0.0114. The number of nitrogens with one attached hydrogen (secondary N) is 1. The summed E-state index contributed by atoms with van der Waals surface area (Å²) < 4.78 is 60.7. The first-order chi connectivity index (χ1) is 16.6. The van der Waals surface area contributed by atoms with Crippen LogP contribution in [-0.4, -0.2) is 25.5 Å². The average Bonchev–Trinajstić information content (AvgIpc) is 3.41. The summed E-state index contributed by atoms with van der Waals surface area (Å²) >= 11 is 6.08. The molecule has 2 aromatic carbocycles. The Hall–Kier alpha value is -3.86. The van der Waals surface area contributed by atoms with Gasteiger partial charge in [-0.15, -0.1) is 0 Å². The van der Waals surface area contributed by atoms with Crippen molar-refractivity contribution >= 4 is 23.3 Å². The molecule has 0 fully saturated rings. The molecule has 1 N–H and O–H groups in total. The molecule has 0 aliphatic heterocycles. The number of halogens is 5. The van der Waals surface area contributed by atoms with Gasteiger partial charge in [-0.3, -0.25) is 9.48 Å². The van der Waals surface area contributed by atoms with Crippen LogP contribution in [0.1, 0.15) is 27.3 Å². The number of carbonyl (C=O) groups excluding carboxylic acids is 1. The quantitative estimate of drug-likeness (QED) is 0.333. The first-order valence-electron chi connectivity index (χ1n) is 10.2. The summed E-state index contributed by atoms with van der Waals surface area (Å²) in [6.45, 7) is 1.62. The third-order valence-corrected chi connectivity index (χ3v) is 5.34. The van der Waals surface area contributed by atoms with Gasteiger partial charge in [-0.1, -0.05) is 23.7 Å². The minimum Gasteiger partial charge on any atom is -0.471 e. The summed E-state index contributed by atoms with van der Waals surface area (Å²) in [5.74, 6) is -0.778. The van der Waals surface area contributed by atoms with Gasteiger partial charge in [-0.05, 0) is 43.3 Å². The molecule has 0 aliphatic carbocycles. The fourth-order valence-corrected chi connectivity index (χ4v) is 3.43. The number of carbonyl (C=O) groups is 1. The van der Waals surface area contributed by atoms with Gasteiger partial charge in [-0.2, -0.15) is 23.4 Å². The first kappa shape index (κ1) is 24.3. The molecule has 0 bridgehead atoms. The van der Waals surface area contributed by atoms with E-state index in [9.17, 15) is 22.4 Å². The summed E-state index contributed by atoms with van der Waals surface area (Å²) in [6.07, 6.45) is -3.03. The number of amides is 1. The third kappa shape index (κ3) is 5.80. The molecule has 7 nitrogen and oxygen atoms in total. The Balaban J connectivity index is 1.38. The molecule has 4 rings (SSSR count). The van der Waals surface area contributed by atoms with E-state index in [1.165, 1.54) is 45.9 Å². The Morgan fingerprint density at radius 2 is 1.89 bits per heavy atom. The maximum absolute atomic E-state index is 14.1. The Bertz CT molecular complexity index is 1350. The van der Waals surface area contributed by atoms with E-state index in [1.807, 2.05) is 0 Å². The van der Waals surface area contributed by atoms with E-state index in [0.717, 1.165) is 12.1 Å². The highest BCUT2D eigenvalue weighted by Gasteiger charge is 2.30. The van der Waals surface area contributed by atoms with Crippen LogP contribution in [0.5, 0.6) is 5.75 Å². The molecule has 182 valence electrons. The number of nitrogens with zero attached hydrogens (tertiary/aromatic N) is 4. The van der Waals surface area contributed by atoms with Crippen LogP contribution in [0.3, 0.4) is 0 Å². The normalized spacial score (nSPS) is 11.5. The topological polar surface area (TPSA) is 74.0 Å². The van der Waals surface area contributed by atoms with Gasteiger partial charge >= 0.3 is 6.18 Å². The van der Waals surface area contributed by atoms with Gasteiger partial charge in [0.05, 0.1) is 12.1 Å². The van der Waals surface area contributed by atoms with Crippen LogP contribution in [0.2, 0.25) is 5.02 Å². The van der Waals surface area contributed by atoms with Crippen molar-refractivity contribution in [3.8, 4) is 5.75 Å². The fourth-order valence-electron chi connectivity index (χ4n) is 3.20. The van der Waals surface area contributed by atoms with Crippen LogP contribution in [0.4, 0.5) is 23.4 Å². The molecule has 0 atom stereocenters. The molecule has 0 spiro atoms. The molecule has 4 aromatic rings. The van der Waals surface area contributed by atoms with Gasteiger partial charge < -0.3 is 10.1 Å². The van der Waals surface area contributed by atoms with Crippen molar-refractivity contribution in [1.29, 1.82) is 0 Å². The van der Waals surface area contributed by atoms with E-state index in [1.54, 1.807) is 19.1 Å². The first-order valence-corrected chi connectivity index (χ1v) is 10.6. The Labute approximate surface area is 201 Å². The third-order valence-electron chi connectivity index (χ3n) is 4.99. The van der Waals surface area contributed by atoms with Crippen molar-refractivity contribution < 1.29 is 27.1 Å². The Morgan fingerprint density at radius 1 is 1.11 bits per heavy atom. The standard InChI is InChI=1S/C23H18ClF4N5O2/c1-14-10-21(31-33(14)12-17-18(24)6-3-7-19(17)25)29-22(34)20-8-9-32(30-20)13-35-16-5-2-4-15(11-16)23(26,27)28/h2-11H,12-13H2,1H3,(H,29,31,34). The summed E-state index contributed by atoms with van der Waals surface area (Å²) in [4.78, 5) is 12.6. The maximum atomic E-state index is 14.1. The van der Waals surface area contributed by atoms with Gasteiger partial charge in [0.1, 0.15) is 11.6 Å². The fraction of sp³-hybridized carbons (Fsp3) is 0.174. The van der Waals surface area contributed by atoms with Crippen LogP contribution in [0, 0.1) is 12.7 Å².